The van der Waals surface area contributed by atoms with Crippen molar-refractivity contribution in [2.45, 2.75) is 31.6 Å². The van der Waals surface area contributed by atoms with E-state index in [1.54, 1.807) is 7.11 Å². The van der Waals surface area contributed by atoms with Gasteiger partial charge in [-0.2, -0.15) is 0 Å². The van der Waals surface area contributed by atoms with E-state index in [4.69, 9.17) is 4.74 Å². The largest absolute Gasteiger partial charge is 0.496 e. The van der Waals surface area contributed by atoms with E-state index < -0.39 is 0 Å². The second kappa shape index (κ2) is 5.87. The Morgan fingerprint density at radius 3 is 2.18 bits per heavy atom. The number of hydrogen-bond donors (Lipinski definition) is 0. The zero-order chi connectivity index (χ0) is 13.2. The average Bonchev–Trinajstić information content (AvgIpc) is 2.27. The monoisotopic (exact) mass is 299 g/mol. The maximum atomic E-state index is 5.45. The average molecular weight is 300 g/mol. The highest BCUT2D eigenvalue weighted by molar-refractivity contribution is 9.09. The molecular formula is C14H22BrNO. The van der Waals surface area contributed by atoms with E-state index in [0.29, 0.717) is 5.92 Å². The molecule has 2 nitrogen and oxygen atoms in total. The van der Waals surface area contributed by atoms with Crippen LogP contribution in [-0.2, 0) is 0 Å². The maximum absolute atomic E-state index is 5.45. The summed E-state index contributed by atoms with van der Waals surface area (Å²) in [7, 11) is 5.87. The van der Waals surface area contributed by atoms with E-state index in [-0.39, 0.29) is 4.95 Å². The summed E-state index contributed by atoms with van der Waals surface area (Å²) in [6, 6.07) is 4.38. The summed E-state index contributed by atoms with van der Waals surface area (Å²) in [6.45, 7) is 6.51. The summed E-state index contributed by atoms with van der Waals surface area (Å²) in [4.78, 5) is 2.39. The zero-order valence-corrected chi connectivity index (χ0v) is 13.1. The molecule has 0 heterocycles. The quantitative estimate of drug-likeness (QED) is 0.613. The number of rotatable bonds is 4. The Balaban J connectivity index is 3.29. The Hall–Kier alpha value is -0.540. The molecule has 0 aliphatic heterocycles. The molecule has 17 heavy (non-hydrogen) atoms. The van der Waals surface area contributed by atoms with Gasteiger partial charge in [-0.05, 0) is 55.8 Å². The molecule has 1 rings (SSSR count). The van der Waals surface area contributed by atoms with E-state index in [1.165, 1.54) is 16.7 Å². The molecule has 3 heteroatoms. The highest BCUT2D eigenvalue weighted by Gasteiger charge is 2.17. The minimum atomic E-state index is 0.242. The molecule has 0 saturated carbocycles. The number of ether oxygens (including phenoxy) is 1. The van der Waals surface area contributed by atoms with E-state index in [0.717, 1.165) is 5.75 Å². The minimum absolute atomic E-state index is 0.242. The van der Waals surface area contributed by atoms with Gasteiger partial charge in [-0.1, -0.05) is 29.8 Å². The summed E-state index contributed by atoms with van der Waals surface area (Å²) in [5.74, 6) is 1.45. The van der Waals surface area contributed by atoms with Gasteiger partial charge in [-0.3, -0.25) is 4.90 Å². The molecule has 0 bridgehead atoms. The molecule has 1 aromatic carbocycles. The third-order valence-electron chi connectivity index (χ3n) is 2.95. The molecule has 0 N–H and O–H groups in total. The lowest BCUT2D eigenvalue weighted by Gasteiger charge is -2.23. The molecule has 0 spiro atoms. The number of aryl methyl sites for hydroxylation is 1. The van der Waals surface area contributed by atoms with Crippen LogP contribution in [0.25, 0.3) is 0 Å². The maximum Gasteiger partial charge on any atom is 0.122 e. The van der Waals surface area contributed by atoms with E-state index in [2.05, 4.69) is 67.8 Å². The highest BCUT2D eigenvalue weighted by atomic mass is 79.9. The fourth-order valence-corrected chi connectivity index (χ4v) is 2.37. The first-order valence-electron chi connectivity index (χ1n) is 5.87. The van der Waals surface area contributed by atoms with Crippen molar-refractivity contribution in [3.8, 4) is 5.75 Å². The minimum Gasteiger partial charge on any atom is -0.496 e. The summed E-state index contributed by atoms with van der Waals surface area (Å²) >= 11 is 3.72. The van der Waals surface area contributed by atoms with Gasteiger partial charge in [0.2, 0.25) is 0 Å². The Bertz CT molecular complexity index is 388. The van der Waals surface area contributed by atoms with Gasteiger partial charge in [0, 0.05) is 0 Å². The summed E-state index contributed by atoms with van der Waals surface area (Å²) in [5.41, 5.74) is 3.82. The standard InChI is InChI=1S/C14H22BrNO/c1-9(2)11-8-12(14(15)16(4)5)10(3)7-13(11)17-6/h7-9,14H,1-6H3. The second-order valence-electron chi connectivity index (χ2n) is 4.90. The molecule has 0 amide bonds. The Kier molecular flexibility index (Phi) is 5.02. The number of benzene rings is 1. The van der Waals surface area contributed by atoms with Crippen LogP contribution in [0.15, 0.2) is 12.1 Å². The van der Waals surface area contributed by atoms with Crippen molar-refractivity contribution in [1.29, 1.82) is 0 Å². The predicted octanol–water partition coefficient (Wildman–Crippen LogP) is 4.08. The van der Waals surface area contributed by atoms with E-state index in [1.807, 2.05) is 0 Å². The smallest absolute Gasteiger partial charge is 0.122 e. The Morgan fingerprint density at radius 2 is 1.76 bits per heavy atom. The lowest BCUT2D eigenvalue weighted by Crippen LogP contribution is -2.15. The van der Waals surface area contributed by atoms with Gasteiger partial charge < -0.3 is 4.74 Å². The fourth-order valence-electron chi connectivity index (χ4n) is 1.88. The molecule has 1 unspecified atom stereocenters. The first-order chi connectivity index (χ1) is 7.88. The Morgan fingerprint density at radius 1 is 1.18 bits per heavy atom. The molecular weight excluding hydrogens is 278 g/mol. The number of alkyl halides is 1. The molecule has 1 aromatic rings. The van der Waals surface area contributed by atoms with Gasteiger partial charge >= 0.3 is 0 Å². The van der Waals surface area contributed by atoms with Gasteiger partial charge in [-0.25, -0.2) is 0 Å². The number of hydrogen-bond acceptors (Lipinski definition) is 2. The van der Waals surface area contributed by atoms with Crippen LogP contribution in [0.4, 0.5) is 0 Å². The first kappa shape index (κ1) is 14.5. The summed E-state index contributed by atoms with van der Waals surface area (Å²) in [6.07, 6.45) is 0. The normalized spacial score (nSPS) is 13.2. The van der Waals surface area contributed by atoms with Crippen LogP contribution in [0.3, 0.4) is 0 Å². The third-order valence-corrected chi connectivity index (χ3v) is 4.26. The summed E-state index contributed by atoms with van der Waals surface area (Å²) < 4.78 is 5.45. The van der Waals surface area contributed by atoms with Gasteiger partial charge in [0.05, 0.1) is 12.1 Å². The number of halogens is 1. The molecule has 0 saturated heterocycles. The summed E-state index contributed by atoms with van der Waals surface area (Å²) in [5, 5.41) is 0. The second-order valence-corrected chi connectivity index (χ2v) is 5.77. The molecule has 0 radical (unpaired) electrons. The fraction of sp³-hybridized carbons (Fsp3) is 0.571. The van der Waals surface area contributed by atoms with E-state index >= 15 is 0 Å². The van der Waals surface area contributed by atoms with Crippen molar-refractivity contribution in [2.75, 3.05) is 21.2 Å². The van der Waals surface area contributed by atoms with Crippen LogP contribution in [0, 0.1) is 6.92 Å². The van der Waals surface area contributed by atoms with Crippen molar-refractivity contribution >= 4 is 15.9 Å². The molecule has 1 atom stereocenters. The van der Waals surface area contributed by atoms with Crippen LogP contribution in [0.5, 0.6) is 5.75 Å². The lowest BCUT2D eigenvalue weighted by atomic mass is 9.96. The lowest BCUT2D eigenvalue weighted by molar-refractivity contribution is 0.392. The van der Waals surface area contributed by atoms with Crippen molar-refractivity contribution in [3.63, 3.8) is 0 Å². The first-order valence-corrected chi connectivity index (χ1v) is 6.79. The van der Waals surface area contributed by atoms with Crippen LogP contribution in [-0.4, -0.2) is 26.1 Å². The topological polar surface area (TPSA) is 12.5 Å². The van der Waals surface area contributed by atoms with Gasteiger partial charge in [0.1, 0.15) is 5.75 Å². The molecule has 0 aliphatic carbocycles. The predicted molar refractivity (Wildman–Crippen MR) is 77.2 cm³/mol. The van der Waals surface area contributed by atoms with Crippen molar-refractivity contribution < 1.29 is 4.74 Å². The number of methoxy groups -OCH3 is 1. The molecule has 0 aromatic heterocycles. The number of nitrogens with zero attached hydrogens (tertiary/aromatic N) is 1. The van der Waals surface area contributed by atoms with Gasteiger partial charge in [-0.15, -0.1) is 0 Å². The third kappa shape index (κ3) is 3.23. The SMILES string of the molecule is COc1cc(C)c(C(Br)N(C)C)cc1C(C)C. The van der Waals surface area contributed by atoms with Crippen molar-refractivity contribution in [2.24, 2.45) is 0 Å². The highest BCUT2D eigenvalue weighted by Crippen LogP contribution is 2.35. The van der Waals surface area contributed by atoms with Crippen LogP contribution in [0.1, 0.15) is 41.4 Å². The van der Waals surface area contributed by atoms with Crippen molar-refractivity contribution in [3.05, 3.63) is 28.8 Å². The van der Waals surface area contributed by atoms with Crippen LogP contribution in [0.2, 0.25) is 0 Å². The van der Waals surface area contributed by atoms with Crippen LogP contribution >= 0.6 is 15.9 Å². The van der Waals surface area contributed by atoms with Gasteiger partial charge in [0.15, 0.2) is 0 Å². The van der Waals surface area contributed by atoms with Gasteiger partial charge in [0.25, 0.3) is 0 Å². The Labute approximate surface area is 113 Å². The van der Waals surface area contributed by atoms with Crippen molar-refractivity contribution in [1.82, 2.24) is 4.90 Å². The van der Waals surface area contributed by atoms with Crippen LogP contribution < -0.4 is 4.74 Å². The molecule has 96 valence electrons. The zero-order valence-electron chi connectivity index (χ0n) is 11.5. The molecule has 0 aliphatic rings. The molecule has 0 fully saturated rings. The van der Waals surface area contributed by atoms with E-state index in [9.17, 15) is 0 Å².